The van der Waals surface area contributed by atoms with Gasteiger partial charge in [0.05, 0.1) is 0 Å². The molecule has 1 aliphatic rings. The third-order valence-corrected chi connectivity index (χ3v) is 1.73. The summed E-state index contributed by atoms with van der Waals surface area (Å²) in [5.41, 5.74) is -0.244. The molecule has 1 aliphatic heterocycles. The van der Waals surface area contributed by atoms with E-state index < -0.39 is 6.09 Å². The first-order chi connectivity index (χ1) is 4.54. The zero-order chi connectivity index (χ0) is 7.78. The van der Waals surface area contributed by atoms with Crippen molar-refractivity contribution in [3.63, 3.8) is 0 Å². The van der Waals surface area contributed by atoms with Crippen molar-refractivity contribution in [1.29, 1.82) is 0 Å². The van der Waals surface area contributed by atoms with Crippen LogP contribution in [0.25, 0.3) is 0 Å². The molecule has 0 saturated heterocycles. The van der Waals surface area contributed by atoms with Gasteiger partial charge in [0, 0.05) is 11.7 Å². The third kappa shape index (κ3) is 0.988. The van der Waals surface area contributed by atoms with E-state index >= 15 is 0 Å². The molecule has 0 fully saturated rings. The third-order valence-electron chi connectivity index (χ3n) is 1.73. The molecule has 1 rings (SSSR count). The van der Waals surface area contributed by atoms with E-state index in [4.69, 9.17) is 5.11 Å². The molecule has 0 bridgehead atoms. The lowest BCUT2D eigenvalue weighted by Crippen LogP contribution is -2.39. The lowest BCUT2D eigenvalue weighted by molar-refractivity contribution is 0.131. The Bertz CT molecular complexity index is 184. The number of amides is 1. The van der Waals surface area contributed by atoms with Crippen LogP contribution in [0.5, 0.6) is 0 Å². The van der Waals surface area contributed by atoms with Crippen molar-refractivity contribution in [3.05, 3.63) is 12.3 Å². The number of hydrogen-bond acceptors (Lipinski definition) is 1. The number of carboxylic acid groups (broad SMARTS) is 1. The summed E-state index contributed by atoms with van der Waals surface area (Å²) in [4.78, 5) is 11.8. The SMILES string of the molecule is CC1(C)CC=CN1C(=O)O. The topological polar surface area (TPSA) is 40.5 Å². The number of nitrogens with zero attached hydrogens (tertiary/aromatic N) is 1. The van der Waals surface area contributed by atoms with E-state index in [1.807, 2.05) is 19.9 Å². The monoisotopic (exact) mass is 141 g/mol. The van der Waals surface area contributed by atoms with Crippen LogP contribution in [-0.2, 0) is 0 Å². The second kappa shape index (κ2) is 2.01. The Morgan fingerprint density at radius 2 is 2.30 bits per heavy atom. The number of carbonyl (C=O) groups is 1. The summed E-state index contributed by atoms with van der Waals surface area (Å²) in [6.45, 7) is 3.81. The van der Waals surface area contributed by atoms with E-state index in [1.165, 1.54) is 4.90 Å². The number of hydrogen-bond donors (Lipinski definition) is 1. The predicted molar refractivity (Wildman–Crippen MR) is 37.7 cm³/mol. The van der Waals surface area contributed by atoms with E-state index in [-0.39, 0.29) is 5.54 Å². The van der Waals surface area contributed by atoms with Crippen molar-refractivity contribution < 1.29 is 9.90 Å². The van der Waals surface area contributed by atoms with Crippen LogP contribution in [0.1, 0.15) is 20.3 Å². The molecular formula is C7H11NO2. The molecule has 0 atom stereocenters. The van der Waals surface area contributed by atoms with Crippen molar-refractivity contribution >= 4 is 6.09 Å². The predicted octanol–water partition coefficient (Wildman–Crippen LogP) is 1.66. The minimum atomic E-state index is -0.876. The fourth-order valence-corrected chi connectivity index (χ4v) is 1.07. The van der Waals surface area contributed by atoms with Crippen LogP contribution in [0.4, 0.5) is 4.79 Å². The van der Waals surface area contributed by atoms with E-state index in [0.29, 0.717) is 0 Å². The van der Waals surface area contributed by atoms with E-state index in [9.17, 15) is 4.79 Å². The lowest BCUT2D eigenvalue weighted by atomic mass is 10.0. The van der Waals surface area contributed by atoms with Gasteiger partial charge in [-0.05, 0) is 20.3 Å². The van der Waals surface area contributed by atoms with Gasteiger partial charge in [-0.1, -0.05) is 6.08 Å². The second-order valence-electron chi connectivity index (χ2n) is 3.05. The Hall–Kier alpha value is -0.990. The van der Waals surface area contributed by atoms with E-state index in [0.717, 1.165) is 6.42 Å². The lowest BCUT2D eigenvalue weighted by Gasteiger charge is -2.27. The Balaban J connectivity index is 2.77. The average molecular weight is 141 g/mol. The van der Waals surface area contributed by atoms with Crippen LogP contribution in [0.2, 0.25) is 0 Å². The second-order valence-corrected chi connectivity index (χ2v) is 3.05. The van der Waals surface area contributed by atoms with Gasteiger partial charge < -0.3 is 5.11 Å². The smallest absolute Gasteiger partial charge is 0.411 e. The average Bonchev–Trinajstić information content (AvgIpc) is 2.08. The fourth-order valence-electron chi connectivity index (χ4n) is 1.07. The molecule has 0 unspecified atom stereocenters. The highest BCUT2D eigenvalue weighted by molar-refractivity contribution is 5.68. The molecule has 0 aromatic rings. The van der Waals surface area contributed by atoms with Gasteiger partial charge in [0.1, 0.15) is 0 Å². The zero-order valence-corrected chi connectivity index (χ0v) is 6.16. The van der Waals surface area contributed by atoms with Gasteiger partial charge in [-0.25, -0.2) is 4.79 Å². The van der Waals surface area contributed by atoms with Gasteiger partial charge in [0.25, 0.3) is 0 Å². The summed E-state index contributed by atoms with van der Waals surface area (Å²) >= 11 is 0. The molecule has 3 nitrogen and oxygen atoms in total. The largest absolute Gasteiger partial charge is 0.465 e. The van der Waals surface area contributed by atoms with Gasteiger partial charge in [-0.2, -0.15) is 0 Å². The van der Waals surface area contributed by atoms with Crippen LogP contribution >= 0.6 is 0 Å². The Morgan fingerprint density at radius 3 is 2.50 bits per heavy atom. The zero-order valence-electron chi connectivity index (χ0n) is 6.16. The highest BCUT2D eigenvalue weighted by Crippen LogP contribution is 2.25. The molecule has 56 valence electrons. The summed E-state index contributed by atoms with van der Waals surface area (Å²) in [5, 5.41) is 8.62. The minimum Gasteiger partial charge on any atom is -0.465 e. The maximum Gasteiger partial charge on any atom is 0.411 e. The molecule has 0 aromatic carbocycles. The molecule has 0 aliphatic carbocycles. The Kier molecular flexibility index (Phi) is 1.43. The maximum absolute atomic E-state index is 10.5. The molecule has 1 N–H and O–H groups in total. The highest BCUT2D eigenvalue weighted by Gasteiger charge is 2.31. The normalized spacial score (nSPS) is 21.6. The van der Waals surface area contributed by atoms with Gasteiger partial charge in [-0.3, -0.25) is 4.90 Å². The summed E-state index contributed by atoms with van der Waals surface area (Å²) in [6, 6.07) is 0. The van der Waals surface area contributed by atoms with Crippen LogP contribution < -0.4 is 0 Å². The molecule has 0 aromatic heterocycles. The van der Waals surface area contributed by atoms with Crippen molar-refractivity contribution in [1.82, 2.24) is 4.90 Å². The molecule has 0 spiro atoms. The molecule has 1 heterocycles. The molecule has 0 radical (unpaired) electrons. The summed E-state index contributed by atoms with van der Waals surface area (Å²) in [7, 11) is 0. The molecule has 10 heavy (non-hydrogen) atoms. The Labute approximate surface area is 59.9 Å². The van der Waals surface area contributed by atoms with Crippen LogP contribution in [0.15, 0.2) is 12.3 Å². The van der Waals surface area contributed by atoms with Crippen molar-refractivity contribution in [2.75, 3.05) is 0 Å². The van der Waals surface area contributed by atoms with Crippen molar-refractivity contribution in [3.8, 4) is 0 Å². The van der Waals surface area contributed by atoms with E-state index in [1.54, 1.807) is 6.20 Å². The van der Waals surface area contributed by atoms with Crippen molar-refractivity contribution in [2.24, 2.45) is 0 Å². The summed E-state index contributed by atoms with van der Waals surface area (Å²) in [5.74, 6) is 0. The first kappa shape index (κ1) is 7.12. The minimum absolute atomic E-state index is 0.244. The van der Waals surface area contributed by atoms with Crippen LogP contribution in [0, 0.1) is 0 Å². The molecule has 1 amide bonds. The van der Waals surface area contributed by atoms with Crippen molar-refractivity contribution in [2.45, 2.75) is 25.8 Å². The molecular weight excluding hydrogens is 130 g/mol. The van der Waals surface area contributed by atoms with Gasteiger partial charge in [0.2, 0.25) is 0 Å². The highest BCUT2D eigenvalue weighted by atomic mass is 16.4. The summed E-state index contributed by atoms with van der Waals surface area (Å²) in [6.07, 6.45) is 3.41. The van der Waals surface area contributed by atoms with Crippen LogP contribution in [-0.4, -0.2) is 21.6 Å². The molecule has 0 saturated carbocycles. The maximum atomic E-state index is 10.5. The molecule has 3 heteroatoms. The first-order valence-corrected chi connectivity index (χ1v) is 3.23. The Morgan fingerprint density at radius 1 is 1.70 bits per heavy atom. The fraction of sp³-hybridized carbons (Fsp3) is 0.571. The van der Waals surface area contributed by atoms with Gasteiger partial charge >= 0.3 is 6.09 Å². The van der Waals surface area contributed by atoms with Gasteiger partial charge in [-0.15, -0.1) is 0 Å². The number of rotatable bonds is 0. The standard InChI is InChI=1S/C7H11NO2/c1-7(2)4-3-5-8(7)6(9)10/h3,5H,4H2,1-2H3,(H,9,10). The van der Waals surface area contributed by atoms with E-state index in [2.05, 4.69) is 0 Å². The van der Waals surface area contributed by atoms with Gasteiger partial charge in [0.15, 0.2) is 0 Å². The quantitative estimate of drug-likeness (QED) is 0.557. The summed E-state index contributed by atoms with van der Waals surface area (Å²) < 4.78 is 0. The first-order valence-electron chi connectivity index (χ1n) is 3.23. The van der Waals surface area contributed by atoms with Crippen LogP contribution in [0.3, 0.4) is 0 Å².